The summed E-state index contributed by atoms with van der Waals surface area (Å²) < 4.78 is 24.9. The van der Waals surface area contributed by atoms with Crippen molar-refractivity contribution in [2.45, 2.75) is 24.1 Å². The number of nitrogens with zero attached hydrogens (tertiary/aromatic N) is 1. The van der Waals surface area contributed by atoms with Gasteiger partial charge in [0.2, 0.25) is 10.0 Å². The molecule has 2 aliphatic rings. The molecule has 12 heavy (non-hydrogen) atoms. The summed E-state index contributed by atoms with van der Waals surface area (Å²) in [5.41, 5.74) is 0. The number of hydrogen-bond donors (Lipinski definition) is 1. The Balaban J connectivity index is 2.07. The van der Waals surface area contributed by atoms with Gasteiger partial charge in [-0.25, -0.2) is 12.7 Å². The fourth-order valence-corrected chi connectivity index (χ4v) is 3.11. The van der Waals surface area contributed by atoms with E-state index >= 15 is 0 Å². The molecule has 0 aromatic heterocycles. The van der Waals surface area contributed by atoms with Crippen LogP contribution in [-0.4, -0.2) is 44.2 Å². The van der Waals surface area contributed by atoms with Crippen LogP contribution < -0.4 is 5.32 Å². The van der Waals surface area contributed by atoms with Crippen molar-refractivity contribution in [2.75, 3.05) is 20.1 Å². The van der Waals surface area contributed by atoms with Gasteiger partial charge in [0.15, 0.2) is 0 Å². The summed E-state index contributed by atoms with van der Waals surface area (Å²) in [5, 5.41) is 2.81. The van der Waals surface area contributed by atoms with Crippen LogP contribution in [0.15, 0.2) is 0 Å². The van der Waals surface area contributed by atoms with Gasteiger partial charge in [-0.1, -0.05) is 0 Å². The minimum absolute atomic E-state index is 0.164. The third kappa shape index (κ3) is 1.26. The lowest BCUT2D eigenvalue weighted by atomic mass is 10.3. The van der Waals surface area contributed by atoms with Gasteiger partial charge in [-0.2, -0.15) is 0 Å². The molecule has 5 heteroatoms. The van der Waals surface area contributed by atoms with Crippen LogP contribution in [0.25, 0.3) is 0 Å². The quantitative estimate of drug-likeness (QED) is 0.645. The van der Waals surface area contributed by atoms with Crippen LogP contribution in [0, 0.1) is 0 Å². The molecule has 1 heterocycles. The Labute approximate surface area is 73.0 Å². The zero-order valence-electron chi connectivity index (χ0n) is 7.16. The lowest BCUT2D eigenvalue weighted by molar-refractivity contribution is 0.421. The maximum atomic E-state index is 11.7. The maximum absolute atomic E-state index is 11.7. The van der Waals surface area contributed by atoms with Crippen LogP contribution in [0.5, 0.6) is 0 Å². The van der Waals surface area contributed by atoms with E-state index in [0.717, 1.165) is 12.8 Å². The van der Waals surface area contributed by atoms with Gasteiger partial charge in [-0.3, -0.25) is 0 Å². The van der Waals surface area contributed by atoms with E-state index < -0.39 is 10.0 Å². The number of hydrogen-bond acceptors (Lipinski definition) is 3. The molecule has 0 atom stereocenters. The average molecular weight is 190 g/mol. The van der Waals surface area contributed by atoms with Crippen LogP contribution in [0.2, 0.25) is 0 Å². The molecule has 0 unspecified atom stereocenters. The van der Waals surface area contributed by atoms with Crippen molar-refractivity contribution in [1.29, 1.82) is 0 Å². The van der Waals surface area contributed by atoms with E-state index in [1.54, 1.807) is 11.4 Å². The minimum atomic E-state index is -2.97. The molecule has 1 N–H and O–H groups in total. The molecule has 0 bridgehead atoms. The standard InChI is InChI=1S/C7H14N2O2S/c1-9(6-2-3-6)12(10,11)7-4-8-5-7/h6-8H,2-5H2,1H3. The predicted molar refractivity (Wildman–Crippen MR) is 46.4 cm³/mol. The van der Waals surface area contributed by atoms with Crippen molar-refractivity contribution in [1.82, 2.24) is 9.62 Å². The molecule has 1 saturated heterocycles. The fraction of sp³-hybridized carbons (Fsp3) is 1.00. The van der Waals surface area contributed by atoms with Crippen molar-refractivity contribution < 1.29 is 8.42 Å². The first-order chi connectivity index (χ1) is 5.62. The monoisotopic (exact) mass is 190 g/mol. The molecular weight excluding hydrogens is 176 g/mol. The molecule has 4 nitrogen and oxygen atoms in total. The first-order valence-corrected chi connectivity index (χ1v) is 5.80. The highest BCUT2D eigenvalue weighted by molar-refractivity contribution is 7.89. The van der Waals surface area contributed by atoms with E-state index in [1.165, 1.54) is 0 Å². The zero-order chi connectivity index (χ0) is 8.77. The van der Waals surface area contributed by atoms with Crippen molar-refractivity contribution in [2.24, 2.45) is 0 Å². The highest BCUT2D eigenvalue weighted by atomic mass is 32.2. The van der Waals surface area contributed by atoms with E-state index in [0.29, 0.717) is 19.1 Å². The van der Waals surface area contributed by atoms with Gasteiger partial charge in [0.05, 0.1) is 0 Å². The van der Waals surface area contributed by atoms with E-state index in [9.17, 15) is 8.42 Å². The van der Waals surface area contributed by atoms with Crippen LogP contribution in [0.1, 0.15) is 12.8 Å². The molecule has 0 amide bonds. The zero-order valence-corrected chi connectivity index (χ0v) is 7.97. The molecule has 0 aromatic rings. The van der Waals surface area contributed by atoms with E-state index in [1.807, 2.05) is 0 Å². The number of rotatable bonds is 3. The number of nitrogens with one attached hydrogen (secondary N) is 1. The highest BCUT2D eigenvalue weighted by Gasteiger charge is 2.40. The molecule has 0 aromatic carbocycles. The predicted octanol–water partition coefficient (Wildman–Crippen LogP) is -0.618. The molecule has 1 aliphatic carbocycles. The molecule has 1 saturated carbocycles. The molecule has 1 aliphatic heterocycles. The maximum Gasteiger partial charge on any atom is 0.219 e. The summed E-state index contributed by atoms with van der Waals surface area (Å²) in [6, 6.07) is 0.301. The van der Waals surface area contributed by atoms with Gasteiger partial charge in [0, 0.05) is 26.2 Å². The second kappa shape index (κ2) is 2.68. The highest BCUT2D eigenvalue weighted by Crippen LogP contribution is 2.29. The van der Waals surface area contributed by atoms with Gasteiger partial charge in [-0.15, -0.1) is 0 Å². The third-order valence-corrected chi connectivity index (χ3v) is 4.90. The van der Waals surface area contributed by atoms with Gasteiger partial charge in [0.25, 0.3) is 0 Å². The summed E-state index contributed by atoms with van der Waals surface area (Å²) in [7, 11) is -1.27. The Hall–Kier alpha value is -0.130. The Bertz CT molecular complexity index is 267. The summed E-state index contributed by atoms with van der Waals surface area (Å²) in [6.45, 7) is 1.25. The first kappa shape index (κ1) is 8.47. The molecule has 2 fully saturated rings. The van der Waals surface area contributed by atoms with Gasteiger partial charge >= 0.3 is 0 Å². The summed E-state index contributed by atoms with van der Waals surface area (Å²) in [4.78, 5) is 0. The van der Waals surface area contributed by atoms with Crippen molar-refractivity contribution in [3.05, 3.63) is 0 Å². The molecular formula is C7H14N2O2S. The van der Waals surface area contributed by atoms with Crippen molar-refractivity contribution >= 4 is 10.0 Å². The van der Waals surface area contributed by atoms with Crippen LogP contribution >= 0.6 is 0 Å². The lowest BCUT2D eigenvalue weighted by Crippen LogP contribution is -2.55. The van der Waals surface area contributed by atoms with Crippen molar-refractivity contribution in [3.8, 4) is 0 Å². The van der Waals surface area contributed by atoms with Crippen LogP contribution in [0.4, 0.5) is 0 Å². The topological polar surface area (TPSA) is 49.4 Å². The normalized spacial score (nSPS) is 25.8. The largest absolute Gasteiger partial charge is 0.314 e. The van der Waals surface area contributed by atoms with Crippen LogP contribution in [0.3, 0.4) is 0 Å². The van der Waals surface area contributed by atoms with E-state index in [2.05, 4.69) is 5.32 Å². The van der Waals surface area contributed by atoms with E-state index in [-0.39, 0.29) is 5.25 Å². The second-order valence-corrected chi connectivity index (χ2v) is 5.85. The SMILES string of the molecule is CN(C1CC1)S(=O)(=O)C1CNC1. The lowest BCUT2D eigenvalue weighted by Gasteiger charge is -2.30. The van der Waals surface area contributed by atoms with Crippen molar-refractivity contribution in [3.63, 3.8) is 0 Å². The Morgan fingerprint density at radius 3 is 2.25 bits per heavy atom. The Kier molecular flexibility index (Phi) is 1.89. The molecule has 70 valence electrons. The minimum Gasteiger partial charge on any atom is -0.314 e. The summed E-state index contributed by atoms with van der Waals surface area (Å²) in [5.74, 6) is 0. The van der Waals surface area contributed by atoms with E-state index in [4.69, 9.17) is 0 Å². The van der Waals surface area contributed by atoms with Crippen LogP contribution in [-0.2, 0) is 10.0 Å². The van der Waals surface area contributed by atoms with Gasteiger partial charge < -0.3 is 5.32 Å². The smallest absolute Gasteiger partial charge is 0.219 e. The first-order valence-electron chi connectivity index (χ1n) is 4.30. The van der Waals surface area contributed by atoms with Gasteiger partial charge in [0.1, 0.15) is 5.25 Å². The summed E-state index contributed by atoms with van der Waals surface area (Å²) in [6.07, 6.45) is 2.08. The average Bonchev–Trinajstić information content (AvgIpc) is 2.61. The fourth-order valence-electron chi connectivity index (χ4n) is 1.35. The summed E-state index contributed by atoms with van der Waals surface area (Å²) >= 11 is 0. The Morgan fingerprint density at radius 2 is 1.92 bits per heavy atom. The third-order valence-electron chi connectivity index (χ3n) is 2.63. The number of sulfonamides is 1. The second-order valence-electron chi connectivity index (χ2n) is 3.57. The Morgan fingerprint density at radius 1 is 1.33 bits per heavy atom. The van der Waals surface area contributed by atoms with Gasteiger partial charge in [-0.05, 0) is 12.8 Å². The molecule has 2 rings (SSSR count). The molecule has 0 radical (unpaired) electrons. The molecule has 0 spiro atoms.